The molecule has 18 heavy (non-hydrogen) atoms. The maximum atomic E-state index is 12.7. The molecular formula is C11H16F5NO. The molecule has 0 bridgehead atoms. The fourth-order valence-corrected chi connectivity index (χ4v) is 2.04. The molecule has 106 valence electrons. The Balaban J connectivity index is 2.59. The van der Waals surface area contributed by atoms with Crippen molar-refractivity contribution in [3.8, 4) is 0 Å². The van der Waals surface area contributed by atoms with Crippen molar-refractivity contribution in [2.24, 2.45) is 5.92 Å². The highest BCUT2D eigenvalue weighted by Crippen LogP contribution is 2.36. The zero-order chi connectivity index (χ0) is 14.0. The lowest BCUT2D eigenvalue weighted by molar-refractivity contribution is -0.270. The number of rotatable bonds is 2. The number of alkyl halides is 5. The van der Waals surface area contributed by atoms with Gasteiger partial charge >= 0.3 is 18.0 Å². The van der Waals surface area contributed by atoms with E-state index in [9.17, 15) is 26.7 Å². The molecule has 0 aromatic rings. The average Bonchev–Trinajstić information content (AvgIpc) is 2.42. The van der Waals surface area contributed by atoms with E-state index >= 15 is 0 Å². The van der Waals surface area contributed by atoms with Gasteiger partial charge in [0.15, 0.2) is 0 Å². The van der Waals surface area contributed by atoms with Crippen LogP contribution in [0, 0.1) is 5.92 Å². The third-order valence-electron chi connectivity index (χ3n) is 3.23. The smallest absolute Gasteiger partial charge is 0.348 e. The predicted octanol–water partition coefficient (Wildman–Crippen LogP) is 3.27. The van der Waals surface area contributed by atoms with Crippen LogP contribution in [-0.2, 0) is 4.79 Å². The van der Waals surface area contributed by atoms with Crippen LogP contribution in [0.4, 0.5) is 22.0 Å². The van der Waals surface area contributed by atoms with Crippen molar-refractivity contribution in [3.63, 3.8) is 0 Å². The van der Waals surface area contributed by atoms with E-state index in [2.05, 4.69) is 0 Å². The van der Waals surface area contributed by atoms with Crippen molar-refractivity contribution in [1.82, 2.24) is 5.32 Å². The molecule has 1 rings (SSSR count). The topological polar surface area (TPSA) is 29.1 Å². The van der Waals surface area contributed by atoms with Gasteiger partial charge in [0.2, 0.25) is 0 Å². The molecule has 7 heteroatoms. The summed E-state index contributed by atoms with van der Waals surface area (Å²) in [6.45, 7) is 1.99. The summed E-state index contributed by atoms with van der Waals surface area (Å²) in [5.74, 6) is -7.14. The number of nitrogens with one attached hydrogen (secondary N) is 1. The number of halogens is 5. The van der Waals surface area contributed by atoms with Crippen LogP contribution in [0.1, 0.15) is 39.0 Å². The predicted molar refractivity (Wildman–Crippen MR) is 55.2 cm³/mol. The first-order valence-electron chi connectivity index (χ1n) is 5.90. The second-order valence-corrected chi connectivity index (χ2v) is 4.86. The van der Waals surface area contributed by atoms with Gasteiger partial charge in [0.1, 0.15) is 0 Å². The van der Waals surface area contributed by atoms with E-state index in [1.807, 2.05) is 12.2 Å². The molecule has 2 atom stereocenters. The third kappa shape index (κ3) is 3.55. The van der Waals surface area contributed by atoms with E-state index in [0.29, 0.717) is 18.8 Å². The van der Waals surface area contributed by atoms with Crippen molar-refractivity contribution in [2.45, 2.75) is 57.2 Å². The molecular weight excluding hydrogens is 257 g/mol. The minimum atomic E-state index is -5.84. The van der Waals surface area contributed by atoms with Crippen LogP contribution >= 0.6 is 0 Å². The molecule has 0 aromatic heterocycles. The lowest BCUT2D eigenvalue weighted by atomic mass is 10.0. The Morgan fingerprint density at radius 3 is 2.22 bits per heavy atom. The number of carbonyl (C=O) groups excluding carboxylic acids is 1. The van der Waals surface area contributed by atoms with Gasteiger partial charge in [-0.3, -0.25) is 4.79 Å². The van der Waals surface area contributed by atoms with Gasteiger partial charge in [-0.15, -0.1) is 0 Å². The number of amides is 1. The van der Waals surface area contributed by atoms with Crippen LogP contribution in [-0.4, -0.2) is 24.0 Å². The molecule has 0 aliphatic heterocycles. The SMILES string of the molecule is CC1CCCC(NC(=O)C(F)(F)C(F)(F)F)CC1. The lowest BCUT2D eigenvalue weighted by Crippen LogP contribution is -2.52. The van der Waals surface area contributed by atoms with Crippen molar-refractivity contribution < 1.29 is 26.7 Å². The lowest BCUT2D eigenvalue weighted by Gasteiger charge is -2.22. The summed E-state index contributed by atoms with van der Waals surface area (Å²) in [5.41, 5.74) is 0. The van der Waals surface area contributed by atoms with Gasteiger partial charge in [0.25, 0.3) is 0 Å². The van der Waals surface area contributed by atoms with E-state index in [4.69, 9.17) is 0 Å². The second-order valence-electron chi connectivity index (χ2n) is 4.86. The maximum absolute atomic E-state index is 12.7. The van der Waals surface area contributed by atoms with Crippen molar-refractivity contribution in [2.75, 3.05) is 0 Å². The van der Waals surface area contributed by atoms with Crippen LogP contribution in [0.2, 0.25) is 0 Å². The Labute approximate surface area is 102 Å². The average molecular weight is 273 g/mol. The van der Waals surface area contributed by atoms with E-state index in [1.54, 1.807) is 0 Å². The molecule has 2 unspecified atom stereocenters. The first-order chi connectivity index (χ1) is 8.14. The van der Waals surface area contributed by atoms with Gasteiger partial charge in [-0.05, 0) is 25.2 Å². The Morgan fingerprint density at radius 2 is 1.67 bits per heavy atom. The summed E-state index contributed by atoms with van der Waals surface area (Å²) in [7, 11) is 0. The van der Waals surface area contributed by atoms with Crippen LogP contribution in [0.25, 0.3) is 0 Å². The first-order valence-corrected chi connectivity index (χ1v) is 5.90. The summed E-state index contributed by atoms with van der Waals surface area (Å²) in [6.07, 6.45) is -2.59. The first kappa shape index (κ1) is 15.2. The van der Waals surface area contributed by atoms with Crippen molar-refractivity contribution in [1.29, 1.82) is 0 Å². The molecule has 0 aromatic carbocycles. The largest absolute Gasteiger partial charge is 0.463 e. The van der Waals surface area contributed by atoms with Gasteiger partial charge in [-0.1, -0.05) is 19.8 Å². The van der Waals surface area contributed by atoms with E-state index in [1.165, 1.54) is 0 Å². The fraction of sp³-hybridized carbons (Fsp3) is 0.909. The number of carbonyl (C=O) groups is 1. The summed E-state index contributed by atoms with van der Waals surface area (Å²) >= 11 is 0. The van der Waals surface area contributed by atoms with Crippen molar-refractivity contribution >= 4 is 5.91 Å². The van der Waals surface area contributed by atoms with Gasteiger partial charge in [0.05, 0.1) is 0 Å². The highest BCUT2D eigenvalue weighted by atomic mass is 19.4. The highest BCUT2D eigenvalue weighted by molar-refractivity contribution is 5.84. The minimum Gasteiger partial charge on any atom is -0.348 e. The Morgan fingerprint density at radius 1 is 1.06 bits per heavy atom. The minimum absolute atomic E-state index is 0.412. The number of hydrogen-bond acceptors (Lipinski definition) is 1. The van der Waals surface area contributed by atoms with Gasteiger partial charge in [0, 0.05) is 6.04 Å². The van der Waals surface area contributed by atoms with Gasteiger partial charge < -0.3 is 5.32 Å². The molecule has 1 amide bonds. The van der Waals surface area contributed by atoms with E-state index in [-0.39, 0.29) is 0 Å². The molecule has 0 heterocycles. The number of hydrogen-bond donors (Lipinski definition) is 1. The molecule has 1 aliphatic carbocycles. The molecule has 0 spiro atoms. The van der Waals surface area contributed by atoms with Crippen molar-refractivity contribution in [3.05, 3.63) is 0 Å². The summed E-state index contributed by atoms with van der Waals surface area (Å²) in [6, 6.07) is -0.587. The molecule has 0 radical (unpaired) electrons. The van der Waals surface area contributed by atoms with E-state index in [0.717, 1.165) is 19.3 Å². The van der Waals surface area contributed by atoms with Crippen LogP contribution in [0.3, 0.4) is 0 Å². The molecule has 1 fully saturated rings. The molecule has 1 N–H and O–H groups in total. The van der Waals surface area contributed by atoms with Crippen LogP contribution in [0.15, 0.2) is 0 Å². The van der Waals surface area contributed by atoms with Gasteiger partial charge in [-0.25, -0.2) is 0 Å². The Kier molecular flexibility index (Phi) is 4.55. The normalized spacial score (nSPS) is 26.6. The standard InChI is InChI=1S/C11H16F5NO/c1-7-3-2-4-8(6-5-7)17-9(18)10(12,13)11(14,15)16/h7-8H,2-6H2,1H3,(H,17,18). The zero-order valence-corrected chi connectivity index (χ0v) is 9.99. The third-order valence-corrected chi connectivity index (χ3v) is 3.23. The summed E-state index contributed by atoms with van der Waals surface area (Å²) in [4.78, 5) is 11.0. The summed E-state index contributed by atoms with van der Waals surface area (Å²) < 4.78 is 61.3. The zero-order valence-electron chi connectivity index (χ0n) is 9.99. The highest BCUT2D eigenvalue weighted by Gasteiger charge is 2.63. The summed E-state index contributed by atoms with van der Waals surface area (Å²) in [5, 5.41) is 1.82. The fourth-order valence-electron chi connectivity index (χ4n) is 2.04. The molecule has 2 nitrogen and oxygen atoms in total. The second kappa shape index (κ2) is 5.40. The quantitative estimate of drug-likeness (QED) is 0.607. The van der Waals surface area contributed by atoms with E-state index < -0.39 is 24.0 Å². The molecule has 0 saturated heterocycles. The van der Waals surface area contributed by atoms with Crippen LogP contribution < -0.4 is 5.32 Å². The maximum Gasteiger partial charge on any atom is 0.463 e. The monoisotopic (exact) mass is 273 g/mol. The van der Waals surface area contributed by atoms with Crippen LogP contribution in [0.5, 0.6) is 0 Å². The Hall–Kier alpha value is -0.880. The molecule has 1 aliphatic rings. The molecule has 1 saturated carbocycles. The Bertz CT molecular complexity index is 302. The van der Waals surface area contributed by atoms with Gasteiger partial charge in [-0.2, -0.15) is 22.0 Å².